The first kappa shape index (κ1) is 27.7. The Morgan fingerprint density at radius 3 is 1.68 bits per heavy atom. The lowest BCUT2D eigenvalue weighted by Gasteiger charge is -2.34. The largest absolute Gasteiger partial charge is 0.369 e. The third kappa shape index (κ3) is 3.93. The van der Waals surface area contributed by atoms with Gasteiger partial charge in [-0.25, -0.2) is 0 Å². The van der Waals surface area contributed by atoms with Crippen LogP contribution in [0.2, 0.25) is 0 Å². The number of aliphatic hydroxyl groups is 1. The van der Waals surface area contributed by atoms with Crippen LogP contribution in [0, 0.1) is 6.92 Å². The van der Waals surface area contributed by atoms with Crippen molar-refractivity contribution in [1.82, 2.24) is 0 Å². The molecule has 206 valence electrons. The summed E-state index contributed by atoms with van der Waals surface area (Å²) in [6.07, 6.45) is 0. The molecule has 3 heteroatoms. The Kier molecular flexibility index (Phi) is 7.07. The van der Waals surface area contributed by atoms with E-state index in [1.54, 1.807) is 0 Å². The summed E-state index contributed by atoms with van der Waals surface area (Å²) < 4.78 is 11.3. The monoisotopic (exact) mass is 650 g/mol. The topological polar surface area (TPSA) is 37.3 Å². The van der Waals surface area contributed by atoms with Crippen LogP contribution in [0.4, 0.5) is 0 Å². The van der Waals surface area contributed by atoms with Crippen molar-refractivity contribution in [1.29, 1.82) is 0 Å². The lowest BCUT2D eigenvalue weighted by molar-refractivity contribution is 0.204. The van der Waals surface area contributed by atoms with Gasteiger partial charge in [0.15, 0.2) is 24.8 Å². The molecular formula is C38H35IO2. The fraction of sp³-hybridized carbons (Fsp3) is 0.211. The summed E-state index contributed by atoms with van der Waals surface area (Å²) >= 11 is -1.77. The van der Waals surface area contributed by atoms with Gasteiger partial charge in [0.2, 0.25) is 0 Å². The van der Waals surface area contributed by atoms with Crippen LogP contribution in [0.3, 0.4) is 0 Å². The minimum Gasteiger partial charge on any atom is -0.369 e. The molecule has 1 atom stereocenters. The zero-order valence-electron chi connectivity index (χ0n) is 24.2. The standard InChI is InChI=1S/C36H29IO2.C2H6/c1-22(2)24-15-17-27-29-21-34-30(28-16-14-23(3)18-33(28)36(34,38)37-39)20-32(29)35(31(27)19-24,25-10-6-4-7-11-25)26-12-8-5-9-13-26;1-2/h4-22,38H,1-3H3;1-2H3. The van der Waals surface area contributed by atoms with E-state index in [9.17, 15) is 8.18 Å². The zero-order valence-corrected chi connectivity index (χ0v) is 26.4. The normalized spacial score (nSPS) is 17.2. The average molecular weight is 651 g/mol. The quantitative estimate of drug-likeness (QED) is 0.152. The van der Waals surface area contributed by atoms with E-state index in [0.717, 1.165) is 33.4 Å². The summed E-state index contributed by atoms with van der Waals surface area (Å²) in [6, 6.07) is 39.0. The number of aryl methyl sites for hydroxylation is 1. The Bertz CT molecular complexity index is 1730. The van der Waals surface area contributed by atoms with E-state index in [2.05, 4.69) is 117 Å². The van der Waals surface area contributed by atoms with E-state index in [-0.39, 0.29) is 0 Å². The van der Waals surface area contributed by atoms with Crippen molar-refractivity contribution in [3.8, 4) is 22.3 Å². The van der Waals surface area contributed by atoms with Crippen molar-refractivity contribution in [3.63, 3.8) is 0 Å². The summed E-state index contributed by atoms with van der Waals surface area (Å²) in [5.74, 6) is 0.388. The third-order valence-corrected chi connectivity index (χ3v) is 10.5. The van der Waals surface area contributed by atoms with Gasteiger partial charge >= 0.3 is 0 Å². The fourth-order valence-electron chi connectivity index (χ4n) is 6.80. The first-order valence-corrected chi connectivity index (χ1v) is 16.4. The second-order valence-electron chi connectivity index (χ2n) is 11.1. The molecule has 5 aromatic carbocycles. The van der Waals surface area contributed by atoms with E-state index in [1.165, 1.54) is 33.4 Å². The molecule has 2 nitrogen and oxygen atoms in total. The highest BCUT2D eigenvalue weighted by Gasteiger charge is 2.50. The molecule has 5 aromatic rings. The van der Waals surface area contributed by atoms with E-state index in [1.807, 2.05) is 26.8 Å². The van der Waals surface area contributed by atoms with Gasteiger partial charge in [-0.15, -0.1) is 0 Å². The zero-order chi connectivity index (χ0) is 28.9. The number of fused-ring (bicyclic) bond motifs is 6. The Hall–Kier alpha value is -3.41. The second-order valence-corrected chi connectivity index (χ2v) is 13.1. The Balaban J connectivity index is 0.00000148. The van der Waals surface area contributed by atoms with Crippen LogP contribution in [0.25, 0.3) is 22.3 Å². The highest BCUT2D eigenvalue weighted by molar-refractivity contribution is 14.1. The first-order valence-electron chi connectivity index (χ1n) is 14.5. The molecular weight excluding hydrogens is 615 g/mol. The molecule has 41 heavy (non-hydrogen) atoms. The molecule has 0 fully saturated rings. The Labute approximate surface area is 253 Å². The number of benzene rings is 5. The van der Waals surface area contributed by atoms with Crippen LogP contribution in [0.1, 0.15) is 78.1 Å². The van der Waals surface area contributed by atoms with Crippen LogP contribution in [0.15, 0.2) is 109 Å². The van der Waals surface area contributed by atoms with Gasteiger partial charge in [-0.3, -0.25) is 3.07 Å². The van der Waals surface area contributed by atoms with Crippen molar-refractivity contribution in [3.05, 3.63) is 154 Å². The number of rotatable bonds is 4. The number of halogens is 1. The van der Waals surface area contributed by atoms with Gasteiger partial charge in [0, 0.05) is 11.1 Å². The third-order valence-electron chi connectivity index (χ3n) is 8.67. The molecule has 0 radical (unpaired) electrons. The SMILES string of the molecule is CC.Cc1ccc2c(c1)C(O)(I=O)c1cc3c(cc1-2)C(c1ccccc1)(c1ccccc1)c1cc(C(C)C)ccc1-3. The summed E-state index contributed by atoms with van der Waals surface area (Å²) in [5, 5.41) is 11.9. The van der Waals surface area contributed by atoms with E-state index in [0.29, 0.717) is 5.92 Å². The molecule has 1 unspecified atom stereocenters. The molecule has 0 bridgehead atoms. The van der Waals surface area contributed by atoms with Crippen LogP contribution < -0.4 is 0 Å². The number of hydrogen-bond acceptors (Lipinski definition) is 2. The molecule has 0 aromatic heterocycles. The molecule has 0 saturated carbocycles. The van der Waals surface area contributed by atoms with Crippen molar-refractivity contribution < 1.29 is 8.18 Å². The van der Waals surface area contributed by atoms with Crippen LogP contribution >= 0.6 is 21.2 Å². The summed E-state index contributed by atoms with van der Waals surface area (Å²) in [7, 11) is 0. The van der Waals surface area contributed by atoms with Gasteiger partial charge in [0.25, 0.3) is 0 Å². The maximum Gasteiger partial charge on any atom is 0.200 e. The highest BCUT2D eigenvalue weighted by Crippen LogP contribution is 2.61. The summed E-state index contributed by atoms with van der Waals surface area (Å²) in [4.78, 5) is 0. The van der Waals surface area contributed by atoms with E-state index < -0.39 is 30.2 Å². The predicted molar refractivity (Wildman–Crippen MR) is 177 cm³/mol. The second kappa shape index (κ2) is 10.5. The van der Waals surface area contributed by atoms with Gasteiger partial charge in [-0.2, -0.15) is 0 Å². The van der Waals surface area contributed by atoms with Crippen molar-refractivity contribution >= 4 is 21.2 Å². The van der Waals surface area contributed by atoms with Gasteiger partial charge < -0.3 is 5.11 Å². The van der Waals surface area contributed by atoms with Gasteiger partial charge in [0.1, 0.15) is 0 Å². The lowest BCUT2D eigenvalue weighted by atomic mass is 9.67. The van der Waals surface area contributed by atoms with Gasteiger partial charge in [-0.1, -0.05) is 130 Å². The van der Waals surface area contributed by atoms with Crippen molar-refractivity contribution in [2.45, 2.75) is 49.6 Å². The van der Waals surface area contributed by atoms with E-state index in [4.69, 9.17) is 0 Å². The molecule has 0 spiro atoms. The van der Waals surface area contributed by atoms with E-state index >= 15 is 0 Å². The van der Waals surface area contributed by atoms with Crippen molar-refractivity contribution in [2.24, 2.45) is 0 Å². The van der Waals surface area contributed by atoms with Crippen LogP contribution in [-0.2, 0) is 12.1 Å². The maximum atomic E-state index is 12.8. The lowest BCUT2D eigenvalue weighted by Crippen LogP contribution is -2.29. The number of hydrogen-bond donors (Lipinski definition) is 1. The molecule has 0 heterocycles. The summed E-state index contributed by atoms with van der Waals surface area (Å²) in [6.45, 7) is 10.5. The van der Waals surface area contributed by atoms with Crippen molar-refractivity contribution in [2.75, 3.05) is 0 Å². The Morgan fingerprint density at radius 1 is 0.610 bits per heavy atom. The molecule has 2 aliphatic carbocycles. The molecule has 0 saturated heterocycles. The minimum atomic E-state index is -1.77. The van der Waals surface area contributed by atoms with Crippen LogP contribution in [-0.4, -0.2) is 5.11 Å². The van der Waals surface area contributed by atoms with Gasteiger partial charge in [0.05, 0.1) is 5.41 Å². The van der Waals surface area contributed by atoms with Gasteiger partial charge in [-0.05, 0) is 75.0 Å². The molecule has 7 rings (SSSR count). The molecule has 1 N–H and O–H groups in total. The highest BCUT2D eigenvalue weighted by atomic mass is 127. The summed E-state index contributed by atoms with van der Waals surface area (Å²) in [5.41, 5.74) is 12.5. The predicted octanol–water partition coefficient (Wildman–Crippen LogP) is 10.00. The Morgan fingerprint density at radius 2 is 1.10 bits per heavy atom. The maximum absolute atomic E-state index is 12.8. The first-order chi connectivity index (χ1) is 19.9. The average Bonchev–Trinajstić information content (AvgIpc) is 3.44. The minimum absolute atomic E-state index is 0.388. The molecule has 0 aliphatic heterocycles. The smallest absolute Gasteiger partial charge is 0.200 e. The fourth-order valence-corrected chi connectivity index (χ4v) is 8.17. The number of alkyl halides is 1. The molecule has 2 aliphatic rings. The van der Waals surface area contributed by atoms with Crippen LogP contribution in [0.5, 0.6) is 0 Å². The molecule has 0 amide bonds.